The first-order chi connectivity index (χ1) is 15.9. The highest BCUT2D eigenvalue weighted by Gasteiger charge is 2.13. The molecule has 0 unspecified atom stereocenters. The monoisotopic (exact) mass is 476 g/mol. The van der Waals surface area contributed by atoms with Gasteiger partial charge in [-0.15, -0.1) is 0 Å². The molecule has 176 valence electrons. The van der Waals surface area contributed by atoms with Gasteiger partial charge in [0.15, 0.2) is 11.5 Å². The zero-order chi connectivity index (χ0) is 23.8. The van der Waals surface area contributed by atoms with Gasteiger partial charge in [0, 0.05) is 23.0 Å². The SMILES string of the molecule is COc1cc2c(Nc3ccc(Cl)cc3F)ncnc2cc1OCCCNC(=O)OCC(C)C. The summed E-state index contributed by atoms with van der Waals surface area (Å²) < 4.78 is 30.6. The van der Waals surface area contributed by atoms with Gasteiger partial charge in [-0.2, -0.15) is 0 Å². The summed E-state index contributed by atoms with van der Waals surface area (Å²) in [6.07, 6.45) is 1.51. The van der Waals surface area contributed by atoms with E-state index >= 15 is 0 Å². The minimum atomic E-state index is -0.497. The molecular formula is C23H26ClFN4O4. The van der Waals surface area contributed by atoms with Crippen LogP contribution in [0.3, 0.4) is 0 Å². The third-order valence-corrected chi connectivity index (χ3v) is 4.74. The van der Waals surface area contributed by atoms with Gasteiger partial charge in [-0.05, 0) is 36.6 Å². The number of carbonyl (C=O) groups is 1. The highest BCUT2D eigenvalue weighted by atomic mass is 35.5. The first-order valence-electron chi connectivity index (χ1n) is 10.5. The maximum Gasteiger partial charge on any atom is 0.407 e. The van der Waals surface area contributed by atoms with Crippen LogP contribution in [0.1, 0.15) is 20.3 Å². The number of fused-ring (bicyclic) bond motifs is 1. The summed E-state index contributed by atoms with van der Waals surface area (Å²) in [5.41, 5.74) is 0.825. The Balaban J connectivity index is 1.66. The van der Waals surface area contributed by atoms with Crippen LogP contribution in [-0.2, 0) is 4.74 Å². The molecule has 3 aromatic rings. The normalized spacial score (nSPS) is 10.8. The molecule has 0 aliphatic heterocycles. The number of benzene rings is 2. The van der Waals surface area contributed by atoms with Crippen LogP contribution in [-0.4, -0.2) is 42.9 Å². The van der Waals surface area contributed by atoms with Gasteiger partial charge in [0.2, 0.25) is 0 Å². The second-order valence-electron chi connectivity index (χ2n) is 7.61. The zero-order valence-corrected chi connectivity index (χ0v) is 19.4. The molecule has 0 aliphatic carbocycles. The number of nitrogens with zero attached hydrogens (tertiary/aromatic N) is 2. The minimum Gasteiger partial charge on any atom is -0.493 e. The third kappa shape index (κ3) is 6.82. The fourth-order valence-electron chi connectivity index (χ4n) is 2.89. The van der Waals surface area contributed by atoms with E-state index in [9.17, 15) is 9.18 Å². The predicted octanol–water partition coefficient (Wildman–Crippen LogP) is 5.33. The van der Waals surface area contributed by atoms with Gasteiger partial charge in [-0.1, -0.05) is 25.4 Å². The van der Waals surface area contributed by atoms with E-state index in [1.54, 1.807) is 18.2 Å². The lowest BCUT2D eigenvalue weighted by Gasteiger charge is -2.14. The number of aromatic nitrogens is 2. The lowest BCUT2D eigenvalue weighted by Crippen LogP contribution is -2.27. The van der Waals surface area contributed by atoms with E-state index in [4.69, 9.17) is 25.8 Å². The van der Waals surface area contributed by atoms with Crippen LogP contribution < -0.4 is 20.1 Å². The van der Waals surface area contributed by atoms with Crippen LogP contribution >= 0.6 is 11.6 Å². The molecule has 0 bridgehead atoms. The van der Waals surface area contributed by atoms with E-state index in [0.29, 0.717) is 59.4 Å². The van der Waals surface area contributed by atoms with Gasteiger partial charge in [0.05, 0.1) is 31.5 Å². The number of hydrogen-bond acceptors (Lipinski definition) is 7. The van der Waals surface area contributed by atoms with E-state index in [1.807, 2.05) is 13.8 Å². The molecule has 10 heteroatoms. The Morgan fingerprint density at radius 1 is 1.18 bits per heavy atom. The van der Waals surface area contributed by atoms with E-state index in [1.165, 1.54) is 25.6 Å². The molecule has 0 atom stereocenters. The number of methoxy groups -OCH3 is 1. The maximum absolute atomic E-state index is 14.2. The van der Waals surface area contributed by atoms with Crippen molar-refractivity contribution in [1.29, 1.82) is 0 Å². The summed E-state index contributed by atoms with van der Waals surface area (Å²) in [5.74, 6) is 1.16. The van der Waals surface area contributed by atoms with Crippen molar-refractivity contribution in [3.8, 4) is 11.5 Å². The highest BCUT2D eigenvalue weighted by molar-refractivity contribution is 6.30. The fraction of sp³-hybridized carbons (Fsp3) is 0.348. The molecule has 0 saturated heterocycles. The lowest BCUT2D eigenvalue weighted by molar-refractivity contribution is 0.132. The number of rotatable bonds is 10. The summed E-state index contributed by atoms with van der Waals surface area (Å²) in [5, 5.41) is 6.58. The Morgan fingerprint density at radius 3 is 2.73 bits per heavy atom. The van der Waals surface area contributed by atoms with Crippen molar-refractivity contribution in [1.82, 2.24) is 15.3 Å². The summed E-state index contributed by atoms with van der Waals surface area (Å²) >= 11 is 5.82. The average molecular weight is 477 g/mol. The third-order valence-electron chi connectivity index (χ3n) is 4.50. The summed E-state index contributed by atoms with van der Waals surface area (Å²) in [7, 11) is 1.52. The van der Waals surface area contributed by atoms with E-state index in [2.05, 4.69) is 20.6 Å². The van der Waals surface area contributed by atoms with Crippen molar-refractivity contribution in [2.24, 2.45) is 5.92 Å². The summed E-state index contributed by atoms with van der Waals surface area (Å²) in [4.78, 5) is 20.1. The molecule has 8 nitrogen and oxygen atoms in total. The Hall–Kier alpha value is -3.33. The van der Waals surface area contributed by atoms with Crippen molar-refractivity contribution >= 4 is 40.1 Å². The smallest absolute Gasteiger partial charge is 0.407 e. The molecule has 0 spiro atoms. The van der Waals surface area contributed by atoms with Gasteiger partial charge < -0.3 is 24.8 Å². The minimum absolute atomic E-state index is 0.234. The number of carbonyl (C=O) groups excluding carboxylic acids is 1. The van der Waals surface area contributed by atoms with Crippen LogP contribution in [0, 0.1) is 11.7 Å². The second-order valence-corrected chi connectivity index (χ2v) is 8.05. The number of amides is 1. The Labute approximate surface area is 196 Å². The number of anilines is 2. The number of alkyl carbamates (subject to hydrolysis) is 1. The number of hydrogen-bond donors (Lipinski definition) is 2. The number of nitrogens with one attached hydrogen (secondary N) is 2. The van der Waals surface area contributed by atoms with E-state index < -0.39 is 11.9 Å². The molecule has 0 fully saturated rings. The number of halogens is 2. The molecule has 1 heterocycles. The molecule has 2 aromatic carbocycles. The molecule has 0 aliphatic rings. The first kappa shape index (κ1) is 24.3. The Morgan fingerprint density at radius 2 is 2.00 bits per heavy atom. The Bertz CT molecular complexity index is 1110. The standard InChI is InChI=1S/C23H26ClFN4O4/c1-14(2)12-33-23(30)26-7-4-8-32-21-11-19-16(10-20(21)31-3)22(28-13-27-19)29-18-6-5-15(24)9-17(18)25/h5-6,9-11,13-14H,4,7-8,12H2,1-3H3,(H,26,30)(H,27,28,29). The predicted molar refractivity (Wildman–Crippen MR) is 125 cm³/mol. The topological polar surface area (TPSA) is 94.6 Å². The average Bonchev–Trinajstić information content (AvgIpc) is 2.79. The molecule has 1 aromatic heterocycles. The highest BCUT2D eigenvalue weighted by Crippen LogP contribution is 2.35. The molecule has 3 rings (SSSR count). The quantitative estimate of drug-likeness (QED) is 0.382. The van der Waals surface area contributed by atoms with Crippen LogP contribution in [0.4, 0.5) is 20.7 Å². The maximum atomic E-state index is 14.2. The molecule has 0 radical (unpaired) electrons. The largest absolute Gasteiger partial charge is 0.493 e. The van der Waals surface area contributed by atoms with Crippen molar-refractivity contribution in [3.63, 3.8) is 0 Å². The molecule has 2 N–H and O–H groups in total. The molecule has 33 heavy (non-hydrogen) atoms. The zero-order valence-electron chi connectivity index (χ0n) is 18.7. The van der Waals surface area contributed by atoms with E-state index in [0.717, 1.165) is 0 Å². The van der Waals surface area contributed by atoms with Crippen molar-refractivity contribution in [2.75, 3.05) is 32.2 Å². The first-order valence-corrected chi connectivity index (χ1v) is 10.8. The summed E-state index contributed by atoms with van der Waals surface area (Å²) in [6.45, 7) is 5.07. The van der Waals surface area contributed by atoms with Crippen molar-refractivity contribution in [3.05, 3.63) is 47.5 Å². The second kappa shape index (κ2) is 11.5. The van der Waals surface area contributed by atoms with Crippen molar-refractivity contribution < 1.29 is 23.4 Å². The van der Waals surface area contributed by atoms with Crippen LogP contribution in [0.2, 0.25) is 5.02 Å². The van der Waals surface area contributed by atoms with Gasteiger partial charge in [0.25, 0.3) is 0 Å². The van der Waals surface area contributed by atoms with Gasteiger partial charge >= 0.3 is 6.09 Å². The van der Waals surface area contributed by atoms with Gasteiger partial charge in [0.1, 0.15) is 18.0 Å². The molecule has 0 saturated carbocycles. The van der Waals surface area contributed by atoms with Crippen LogP contribution in [0.25, 0.3) is 10.9 Å². The summed E-state index contributed by atoms with van der Waals surface area (Å²) in [6, 6.07) is 7.79. The van der Waals surface area contributed by atoms with Crippen LogP contribution in [0.5, 0.6) is 11.5 Å². The van der Waals surface area contributed by atoms with Crippen LogP contribution in [0.15, 0.2) is 36.7 Å². The van der Waals surface area contributed by atoms with Gasteiger partial charge in [-0.3, -0.25) is 0 Å². The fourth-order valence-corrected chi connectivity index (χ4v) is 3.05. The number of ether oxygens (including phenoxy) is 3. The Kier molecular flexibility index (Phi) is 8.48. The van der Waals surface area contributed by atoms with E-state index in [-0.39, 0.29) is 11.6 Å². The van der Waals surface area contributed by atoms with Gasteiger partial charge in [-0.25, -0.2) is 19.2 Å². The van der Waals surface area contributed by atoms with Crippen molar-refractivity contribution in [2.45, 2.75) is 20.3 Å². The lowest BCUT2D eigenvalue weighted by atomic mass is 10.2. The molecule has 1 amide bonds. The molecular weight excluding hydrogens is 451 g/mol.